The molecule has 1 aliphatic heterocycles. The molecule has 20 heavy (non-hydrogen) atoms. The van der Waals surface area contributed by atoms with Crippen molar-refractivity contribution in [3.63, 3.8) is 0 Å². The Bertz CT molecular complexity index is 480. The average molecular weight is 279 g/mol. The molecule has 0 saturated carbocycles. The highest BCUT2D eigenvalue weighted by atomic mass is 16.6. The molecule has 112 valence electrons. The van der Waals surface area contributed by atoms with E-state index in [-0.39, 0.29) is 6.09 Å². The molecular weight excluding hydrogens is 254 g/mol. The second-order valence-corrected chi connectivity index (χ2v) is 6.52. The van der Waals surface area contributed by atoms with Crippen LogP contribution in [0.4, 0.5) is 4.79 Å². The van der Waals surface area contributed by atoms with Crippen molar-refractivity contribution in [2.45, 2.75) is 59.1 Å². The second kappa shape index (κ2) is 5.46. The summed E-state index contributed by atoms with van der Waals surface area (Å²) in [6.45, 7) is 11.3. The summed E-state index contributed by atoms with van der Waals surface area (Å²) in [5, 5.41) is 0. The van der Waals surface area contributed by atoms with Crippen LogP contribution in [-0.4, -0.2) is 39.2 Å². The molecular formula is C15H25N3O2. The van der Waals surface area contributed by atoms with E-state index < -0.39 is 5.60 Å². The molecule has 0 N–H and O–H groups in total. The van der Waals surface area contributed by atoms with Gasteiger partial charge in [-0.3, -0.25) is 0 Å². The van der Waals surface area contributed by atoms with Crippen molar-refractivity contribution in [3.05, 3.63) is 17.7 Å². The summed E-state index contributed by atoms with van der Waals surface area (Å²) in [6, 6.07) is 0.440. The number of carbonyl (C=O) groups excluding carboxylic acids is 1. The van der Waals surface area contributed by atoms with Gasteiger partial charge in [-0.1, -0.05) is 0 Å². The molecule has 0 unspecified atom stereocenters. The van der Waals surface area contributed by atoms with Crippen LogP contribution in [0.3, 0.4) is 0 Å². The van der Waals surface area contributed by atoms with Gasteiger partial charge in [-0.25, -0.2) is 9.78 Å². The van der Waals surface area contributed by atoms with Gasteiger partial charge in [0.1, 0.15) is 5.60 Å². The average Bonchev–Trinajstić information content (AvgIpc) is 2.68. The van der Waals surface area contributed by atoms with Gasteiger partial charge in [0.2, 0.25) is 0 Å². The van der Waals surface area contributed by atoms with Crippen LogP contribution in [0.25, 0.3) is 0 Å². The highest BCUT2D eigenvalue weighted by Gasteiger charge is 2.27. The maximum Gasteiger partial charge on any atom is 0.410 e. The number of aryl methyl sites for hydroxylation is 1. The molecule has 0 atom stereocenters. The molecule has 1 amide bonds. The zero-order chi connectivity index (χ0) is 14.9. The predicted molar refractivity (Wildman–Crippen MR) is 77.8 cm³/mol. The Kier molecular flexibility index (Phi) is 4.06. The smallest absolute Gasteiger partial charge is 0.410 e. The van der Waals surface area contributed by atoms with Gasteiger partial charge in [0.25, 0.3) is 0 Å². The number of hydrogen-bond donors (Lipinski definition) is 0. The highest BCUT2D eigenvalue weighted by Crippen LogP contribution is 2.25. The lowest BCUT2D eigenvalue weighted by atomic mass is 10.0. The molecule has 0 bridgehead atoms. The first-order valence-electron chi connectivity index (χ1n) is 7.26. The number of likely N-dealkylation sites (tertiary alicyclic amines) is 1. The first-order valence-corrected chi connectivity index (χ1v) is 7.26. The molecule has 5 nitrogen and oxygen atoms in total. The van der Waals surface area contributed by atoms with Crippen LogP contribution in [0.15, 0.2) is 6.33 Å². The van der Waals surface area contributed by atoms with Crippen LogP contribution in [0, 0.1) is 13.8 Å². The zero-order valence-corrected chi connectivity index (χ0v) is 13.1. The molecule has 2 rings (SSSR count). The molecule has 5 heteroatoms. The number of ether oxygens (including phenoxy) is 1. The number of rotatable bonds is 1. The summed E-state index contributed by atoms with van der Waals surface area (Å²) in [7, 11) is 0. The van der Waals surface area contributed by atoms with Crippen LogP contribution >= 0.6 is 0 Å². The Morgan fingerprint density at radius 1 is 1.30 bits per heavy atom. The highest BCUT2D eigenvalue weighted by molar-refractivity contribution is 5.68. The molecule has 0 spiro atoms. The normalized spacial score (nSPS) is 17.4. The van der Waals surface area contributed by atoms with Crippen molar-refractivity contribution in [1.82, 2.24) is 14.5 Å². The Morgan fingerprint density at radius 2 is 1.90 bits per heavy atom. The monoisotopic (exact) mass is 279 g/mol. The van der Waals surface area contributed by atoms with E-state index in [2.05, 4.69) is 16.5 Å². The Balaban J connectivity index is 1.93. The molecule has 1 aromatic rings. The van der Waals surface area contributed by atoms with Gasteiger partial charge in [-0.05, 0) is 47.5 Å². The largest absolute Gasteiger partial charge is 0.444 e. The predicted octanol–water partition coefficient (Wildman–Crippen LogP) is 3.07. The quantitative estimate of drug-likeness (QED) is 0.793. The first-order chi connectivity index (χ1) is 9.28. The van der Waals surface area contributed by atoms with Crippen LogP contribution in [-0.2, 0) is 4.74 Å². The van der Waals surface area contributed by atoms with E-state index in [1.165, 1.54) is 5.69 Å². The van der Waals surface area contributed by atoms with Crippen molar-refractivity contribution >= 4 is 6.09 Å². The van der Waals surface area contributed by atoms with Crippen LogP contribution < -0.4 is 0 Å². The van der Waals surface area contributed by atoms with Gasteiger partial charge in [0.05, 0.1) is 12.0 Å². The minimum atomic E-state index is -0.425. The van der Waals surface area contributed by atoms with Gasteiger partial charge in [-0.15, -0.1) is 0 Å². The summed E-state index contributed by atoms with van der Waals surface area (Å²) in [5.74, 6) is 0. The molecule has 1 aliphatic rings. The Labute approximate surface area is 120 Å². The lowest BCUT2D eigenvalue weighted by Gasteiger charge is -2.34. The van der Waals surface area contributed by atoms with E-state index in [1.807, 2.05) is 34.0 Å². The summed E-state index contributed by atoms with van der Waals surface area (Å²) in [5.41, 5.74) is 1.88. The van der Waals surface area contributed by atoms with Crippen LogP contribution in [0.2, 0.25) is 0 Å². The summed E-state index contributed by atoms with van der Waals surface area (Å²) in [6.07, 6.45) is 3.62. The molecule has 0 aliphatic carbocycles. The maximum absolute atomic E-state index is 12.0. The van der Waals surface area contributed by atoms with E-state index in [1.54, 1.807) is 4.90 Å². The van der Waals surface area contributed by atoms with Crippen molar-refractivity contribution in [2.75, 3.05) is 13.1 Å². The van der Waals surface area contributed by atoms with E-state index in [4.69, 9.17) is 4.74 Å². The topological polar surface area (TPSA) is 47.4 Å². The zero-order valence-electron chi connectivity index (χ0n) is 13.1. The SMILES string of the molecule is Cc1ncn(C2CCN(C(=O)OC(C)(C)C)CC2)c1C. The number of hydrogen-bond acceptors (Lipinski definition) is 3. The van der Waals surface area contributed by atoms with E-state index in [0.29, 0.717) is 6.04 Å². The minimum Gasteiger partial charge on any atom is -0.444 e. The van der Waals surface area contributed by atoms with Crippen molar-refractivity contribution in [3.8, 4) is 0 Å². The number of piperidine rings is 1. The fourth-order valence-corrected chi connectivity index (χ4v) is 2.54. The van der Waals surface area contributed by atoms with E-state index >= 15 is 0 Å². The third-order valence-corrected chi connectivity index (χ3v) is 3.80. The van der Waals surface area contributed by atoms with Crippen molar-refractivity contribution < 1.29 is 9.53 Å². The van der Waals surface area contributed by atoms with Crippen molar-refractivity contribution in [2.24, 2.45) is 0 Å². The number of imidazole rings is 1. The minimum absolute atomic E-state index is 0.200. The number of amides is 1. The molecule has 0 aromatic carbocycles. The number of nitrogens with zero attached hydrogens (tertiary/aromatic N) is 3. The lowest BCUT2D eigenvalue weighted by Crippen LogP contribution is -2.42. The summed E-state index contributed by atoms with van der Waals surface area (Å²) < 4.78 is 7.65. The van der Waals surface area contributed by atoms with Gasteiger partial charge in [-0.2, -0.15) is 0 Å². The van der Waals surface area contributed by atoms with E-state index in [0.717, 1.165) is 31.6 Å². The summed E-state index contributed by atoms with van der Waals surface area (Å²) in [4.78, 5) is 18.2. The van der Waals surface area contributed by atoms with Crippen LogP contribution in [0.5, 0.6) is 0 Å². The Hall–Kier alpha value is -1.52. The fraction of sp³-hybridized carbons (Fsp3) is 0.733. The van der Waals surface area contributed by atoms with Crippen LogP contribution in [0.1, 0.15) is 51.0 Å². The van der Waals surface area contributed by atoms with Crippen molar-refractivity contribution in [1.29, 1.82) is 0 Å². The lowest BCUT2D eigenvalue weighted by molar-refractivity contribution is 0.0188. The molecule has 1 aromatic heterocycles. The third-order valence-electron chi connectivity index (χ3n) is 3.80. The molecule has 1 saturated heterocycles. The molecule has 2 heterocycles. The molecule has 1 fully saturated rings. The van der Waals surface area contributed by atoms with Gasteiger partial charge in [0, 0.05) is 24.8 Å². The van der Waals surface area contributed by atoms with Gasteiger partial charge >= 0.3 is 6.09 Å². The van der Waals surface area contributed by atoms with Gasteiger partial charge < -0.3 is 14.2 Å². The van der Waals surface area contributed by atoms with Gasteiger partial charge in [0.15, 0.2) is 0 Å². The fourth-order valence-electron chi connectivity index (χ4n) is 2.54. The standard InChI is InChI=1S/C15H25N3O2/c1-11-12(2)18(10-16-11)13-6-8-17(9-7-13)14(19)20-15(3,4)5/h10,13H,6-9H2,1-5H3. The third kappa shape index (κ3) is 3.32. The molecule has 0 radical (unpaired) electrons. The Morgan fingerprint density at radius 3 is 2.35 bits per heavy atom. The number of aromatic nitrogens is 2. The maximum atomic E-state index is 12.0. The summed E-state index contributed by atoms with van der Waals surface area (Å²) >= 11 is 0. The first kappa shape index (κ1) is 14.9. The van der Waals surface area contributed by atoms with E-state index in [9.17, 15) is 4.79 Å². The number of carbonyl (C=O) groups is 1. The second-order valence-electron chi connectivity index (χ2n) is 6.52.